The van der Waals surface area contributed by atoms with E-state index in [0.29, 0.717) is 23.7 Å². The molecule has 1 rings (SSSR count). The number of anilines is 1. The molecule has 0 aliphatic rings. The van der Waals surface area contributed by atoms with Crippen LogP contribution in [0.25, 0.3) is 0 Å². The molecule has 0 spiro atoms. The molecular formula is C16H24N4O. The molecule has 0 bridgehead atoms. The summed E-state index contributed by atoms with van der Waals surface area (Å²) in [6.07, 6.45) is 0.866. The highest BCUT2D eigenvalue weighted by atomic mass is 16.2. The van der Waals surface area contributed by atoms with Gasteiger partial charge in [0.2, 0.25) is 5.91 Å². The maximum atomic E-state index is 11.9. The monoisotopic (exact) mass is 288 g/mol. The highest BCUT2D eigenvalue weighted by molar-refractivity contribution is 5.92. The standard InChI is InChI=1S/C16H24N4O/c1-12(2)15(18)7-8-20(3)11-16(21)19-14-6-4-5-13(9-14)10-17/h4-6,9,12,15H,7-8,11,18H2,1-3H3,(H,19,21). The molecule has 5 heteroatoms. The molecular weight excluding hydrogens is 264 g/mol. The van der Waals surface area contributed by atoms with Gasteiger partial charge < -0.3 is 11.1 Å². The number of nitrogens with two attached hydrogens (primary N) is 1. The van der Waals surface area contributed by atoms with Gasteiger partial charge in [-0.25, -0.2) is 0 Å². The van der Waals surface area contributed by atoms with Crippen molar-refractivity contribution in [1.82, 2.24) is 4.90 Å². The van der Waals surface area contributed by atoms with Gasteiger partial charge in [-0.3, -0.25) is 9.69 Å². The van der Waals surface area contributed by atoms with Crippen molar-refractivity contribution in [2.45, 2.75) is 26.3 Å². The average molecular weight is 288 g/mol. The summed E-state index contributed by atoms with van der Waals surface area (Å²) < 4.78 is 0. The van der Waals surface area contributed by atoms with Crippen LogP contribution in [0.1, 0.15) is 25.8 Å². The predicted molar refractivity (Wildman–Crippen MR) is 84.7 cm³/mol. The van der Waals surface area contributed by atoms with Gasteiger partial charge in [0.1, 0.15) is 0 Å². The first kappa shape index (κ1) is 17.2. The minimum Gasteiger partial charge on any atom is -0.327 e. The van der Waals surface area contributed by atoms with E-state index in [-0.39, 0.29) is 11.9 Å². The molecule has 3 N–H and O–H groups in total. The fourth-order valence-corrected chi connectivity index (χ4v) is 1.89. The maximum Gasteiger partial charge on any atom is 0.238 e. The SMILES string of the molecule is CC(C)C(N)CCN(C)CC(=O)Nc1cccc(C#N)c1. The first-order chi connectivity index (χ1) is 9.92. The second kappa shape index (κ2) is 8.40. The molecule has 1 aromatic carbocycles. The number of hydrogen-bond donors (Lipinski definition) is 2. The summed E-state index contributed by atoms with van der Waals surface area (Å²) in [7, 11) is 1.90. The van der Waals surface area contributed by atoms with E-state index in [1.165, 1.54) is 0 Å². The van der Waals surface area contributed by atoms with E-state index in [2.05, 4.69) is 19.2 Å². The van der Waals surface area contributed by atoms with E-state index in [0.717, 1.165) is 13.0 Å². The summed E-state index contributed by atoms with van der Waals surface area (Å²) in [4.78, 5) is 13.9. The van der Waals surface area contributed by atoms with Crippen LogP contribution < -0.4 is 11.1 Å². The summed E-state index contributed by atoms with van der Waals surface area (Å²) in [5.74, 6) is 0.353. The Labute approximate surface area is 126 Å². The molecule has 21 heavy (non-hydrogen) atoms. The average Bonchev–Trinajstić information content (AvgIpc) is 2.44. The second-order valence-corrected chi connectivity index (χ2v) is 5.68. The van der Waals surface area contributed by atoms with Gasteiger partial charge in [0.05, 0.1) is 18.2 Å². The molecule has 0 saturated heterocycles. The van der Waals surface area contributed by atoms with Gasteiger partial charge in [0, 0.05) is 11.7 Å². The number of hydrogen-bond acceptors (Lipinski definition) is 4. The Morgan fingerprint density at radius 1 is 1.48 bits per heavy atom. The Balaban J connectivity index is 2.41. The minimum atomic E-state index is -0.0919. The number of carbonyl (C=O) groups excluding carboxylic acids is 1. The van der Waals surface area contributed by atoms with E-state index < -0.39 is 0 Å². The summed E-state index contributed by atoms with van der Waals surface area (Å²) in [6.45, 7) is 5.28. The molecule has 1 aromatic rings. The number of benzene rings is 1. The van der Waals surface area contributed by atoms with Gasteiger partial charge in [-0.2, -0.15) is 5.26 Å². The van der Waals surface area contributed by atoms with Crippen LogP contribution in [0.3, 0.4) is 0 Å². The Morgan fingerprint density at radius 3 is 2.81 bits per heavy atom. The topological polar surface area (TPSA) is 82.2 Å². The molecule has 1 amide bonds. The third kappa shape index (κ3) is 6.39. The van der Waals surface area contributed by atoms with Crippen LogP contribution in [0.4, 0.5) is 5.69 Å². The van der Waals surface area contributed by atoms with Crippen LogP contribution in [0.15, 0.2) is 24.3 Å². The van der Waals surface area contributed by atoms with Crippen molar-refractivity contribution >= 4 is 11.6 Å². The largest absolute Gasteiger partial charge is 0.327 e. The quantitative estimate of drug-likeness (QED) is 0.801. The van der Waals surface area contributed by atoms with Crippen molar-refractivity contribution in [2.75, 3.05) is 25.5 Å². The summed E-state index contributed by atoms with van der Waals surface area (Å²) in [6, 6.07) is 9.09. The number of rotatable bonds is 7. The van der Waals surface area contributed by atoms with Crippen molar-refractivity contribution < 1.29 is 4.79 Å². The van der Waals surface area contributed by atoms with Gasteiger partial charge in [0.15, 0.2) is 0 Å². The summed E-state index contributed by atoms with van der Waals surface area (Å²) in [5.41, 5.74) is 7.17. The number of carbonyl (C=O) groups is 1. The number of amides is 1. The van der Waals surface area contributed by atoms with Crippen LogP contribution in [-0.4, -0.2) is 37.0 Å². The molecule has 0 aliphatic carbocycles. The van der Waals surface area contributed by atoms with Crippen LogP contribution >= 0.6 is 0 Å². The van der Waals surface area contributed by atoms with E-state index in [1.807, 2.05) is 18.0 Å². The Bertz CT molecular complexity index is 507. The molecule has 0 saturated carbocycles. The van der Waals surface area contributed by atoms with Crippen molar-refractivity contribution in [3.63, 3.8) is 0 Å². The molecule has 1 unspecified atom stereocenters. The normalized spacial score (nSPS) is 12.2. The Hall–Kier alpha value is -1.90. The van der Waals surface area contributed by atoms with Gasteiger partial charge in [-0.05, 0) is 44.1 Å². The third-order valence-corrected chi connectivity index (χ3v) is 3.39. The Morgan fingerprint density at radius 2 is 2.19 bits per heavy atom. The van der Waals surface area contributed by atoms with E-state index in [4.69, 9.17) is 11.0 Å². The predicted octanol–water partition coefficient (Wildman–Crippen LogP) is 1.80. The van der Waals surface area contributed by atoms with Crippen LogP contribution in [0.2, 0.25) is 0 Å². The molecule has 0 fully saturated rings. The highest BCUT2D eigenvalue weighted by Gasteiger charge is 2.11. The lowest BCUT2D eigenvalue weighted by molar-refractivity contribution is -0.117. The van der Waals surface area contributed by atoms with Crippen LogP contribution in [0, 0.1) is 17.2 Å². The summed E-state index contributed by atoms with van der Waals surface area (Å²) in [5, 5.41) is 11.6. The zero-order valence-electron chi connectivity index (χ0n) is 13.0. The van der Waals surface area contributed by atoms with Crippen molar-refractivity contribution in [1.29, 1.82) is 5.26 Å². The third-order valence-electron chi connectivity index (χ3n) is 3.39. The molecule has 1 atom stereocenters. The fourth-order valence-electron chi connectivity index (χ4n) is 1.89. The van der Waals surface area contributed by atoms with Gasteiger partial charge in [0.25, 0.3) is 0 Å². The van der Waals surface area contributed by atoms with E-state index in [9.17, 15) is 4.79 Å². The molecule has 114 valence electrons. The number of nitrogens with zero attached hydrogens (tertiary/aromatic N) is 2. The number of nitrogens with one attached hydrogen (secondary N) is 1. The van der Waals surface area contributed by atoms with E-state index >= 15 is 0 Å². The second-order valence-electron chi connectivity index (χ2n) is 5.68. The zero-order chi connectivity index (χ0) is 15.8. The van der Waals surface area contributed by atoms with Gasteiger partial charge in [-0.1, -0.05) is 19.9 Å². The highest BCUT2D eigenvalue weighted by Crippen LogP contribution is 2.09. The molecule has 0 aliphatic heterocycles. The minimum absolute atomic E-state index is 0.0919. The fraction of sp³-hybridized carbons (Fsp3) is 0.500. The molecule has 0 heterocycles. The number of nitriles is 1. The molecule has 0 radical (unpaired) electrons. The lowest BCUT2D eigenvalue weighted by Gasteiger charge is -2.20. The zero-order valence-corrected chi connectivity index (χ0v) is 13.0. The van der Waals surface area contributed by atoms with E-state index in [1.54, 1.807) is 24.3 Å². The Kier molecular flexibility index (Phi) is 6.86. The van der Waals surface area contributed by atoms with Crippen LogP contribution in [-0.2, 0) is 4.79 Å². The lowest BCUT2D eigenvalue weighted by Crippen LogP contribution is -2.35. The van der Waals surface area contributed by atoms with Gasteiger partial charge >= 0.3 is 0 Å². The first-order valence-corrected chi connectivity index (χ1v) is 7.16. The smallest absolute Gasteiger partial charge is 0.238 e. The van der Waals surface area contributed by atoms with Crippen molar-refractivity contribution in [2.24, 2.45) is 11.7 Å². The lowest BCUT2D eigenvalue weighted by atomic mass is 10.0. The molecule has 0 aromatic heterocycles. The van der Waals surface area contributed by atoms with Crippen LogP contribution in [0.5, 0.6) is 0 Å². The van der Waals surface area contributed by atoms with Gasteiger partial charge in [-0.15, -0.1) is 0 Å². The molecule has 5 nitrogen and oxygen atoms in total. The van der Waals surface area contributed by atoms with Crippen molar-refractivity contribution in [3.05, 3.63) is 29.8 Å². The first-order valence-electron chi connectivity index (χ1n) is 7.16. The summed E-state index contributed by atoms with van der Waals surface area (Å²) >= 11 is 0. The number of likely N-dealkylation sites (N-methyl/N-ethyl adjacent to an activating group) is 1. The van der Waals surface area contributed by atoms with Crippen molar-refractivity contribution in [3.8, 4) is 6.07 Å². The maximum absolute atomic E-state index is 11.9.